The maximum atomic E-state index is 12.0. The molecule has 1 rings (SSSR count). The van der Waals surface area contributed by atoms with Gasteiger partial charge in [0.2, 0.25) is 0 Å². The van der Waals surface area contributed by atoms with Crippen LogP contribution in [-0.2, 0) is 9.53 Å². The molecule has 1 aromatic rings. The van der Waals surface area contributed by atoms with Gasteiger partial charge in [0.15, 0.2) is 0 Å². The number of methoxy groups -OCH3 is 1. The zero-order chi connectivity index (χ0) is 12.7. The van der Waals surface area contributed by atoms with E-state index < -0.39 is 0 Å². The Balaban J connectivity index is 2.62. The summed E-state index contributed by atoms with van der Waals surface area (Å²) < 4.78 is 4.54. The third-order valence-corrected chi connectivity index (χ3v) is 2.39. The van der Waals surface area contributed by atoms with E-state index >= 15 is 0 Å². The summed E-state index contributed by atoms with van der Waals surface area (Å²) in [5.41, 5.74) is 0.527. The second-order valence-corrected chi connectivity index (χ2v) is 3.45. The van der Waals surface area contributed by atoms with Crippen molar-refractivity contribution < 1.29 is 14.3 Å². The molecule has 1 amide bonds. The molecule has 0 saturated heterocycles. The van der Waals surface area contributed by atoms with E-state index in [4.69, 9.17) is 0 Å². The minimum absolute atomic E-state index is 0.121. The van der Waals surface area contributed by atoms with Crippen LogP contribution in [0.25, 0.3) is 0 Å². The van der Waals surface area contributed by atoms with Gasteiger partial charge in [0, 0.05) is 25.5 Å². The Morgan fingerprint density at radius 1 is 1.47 bits per heavy atom. The van der Waals surface area contributed by atoms with Crippen LogP contribution in [0.15, 0.2) is 24.5 Å². The fourth-order valence-corrected chi connectivity index (χ4v) is 1.40. The van der Waals surface area contributed by atoms with Gasteiger partial charge in [0.25, 0.3) is 5.91 Å². The Bertz CT molecular complexity index is 379. The summed E-state index contributed by atoms with van der Waals surface area (Å²) in [7, 11) is 1.33. The van der Waals surface area contributed by atoms with Crippen molar-refractivity contribution in [3.8, 4) is 0 Å². The van der Waals surface area contributed by atoms with Crippen LogP contribution >= 0.6 is 0 Å². The number of esters is 1. The number of aromatic nitrogens is 1. The van der Waals surface area contributed by atoms with Gasteiger partial charge in [-0.05, 0) is 19.1 Å². The minimum Gasteiger partial charge on any atom is -0.469 e. The number of nitrogens with zero attached hydrogens (tertiary/aromatic N) is 2. The van der Waals surface area contributed by atoms with Crippen LogP contribution in [0.1, 0.15) is 23.7 Å². The highest BCUT2D eigenvalue weighted by Gasteiger charge is 2.15. The molecule has 0 aromatic carbocycles. The number of hydrogen-bond donors (Lipinski definition) is 0. The van der Waals surface area contributed by atoms with E-state index in [9.17, 15) is 9.59 Å². The zero-order valence-corrected chi connectivity index (χ0v) is 10.0. The highest BCUT2D eigenvalue weighted by molar-refractivity contribution is 5.94. The van der Waals surface area contributed by atoms with Crippen molar-refractivity contribution in [1.29, 1.82) is 0 Å². The Morgan fingerprint density at radius 2 is 2.24 bits per heavy atom. The molecule has 0 aliphatic rings. The van der Waals surface area contributed by atoms with Crippen molar-refractivity contribution in [3.05, 3.63) is 30.1 Å². The fraction of sp³-hybridized carbons (Fsp3) is 0.417. The SMILES string of the molecule is CCN(CCC(=O)OC)C(=O)c1cccnc1. The molecule has 0 bridgehead atoms. The average molecular weight is 236 g/mol. The van der Waals surface area contributed by atoms with Gasteiger partial charge in [-0.1, -0.05) is 0 Å². The first kappa shape index (κ1) is 13.2. The van der Waals surface area contributed by atoms with E-state index in [1.807, 2.05) is 6.92 Å². The highest BCUT2D eigenvalue weighted by Crippen LogP contribution is 2.04. The first-order chi connectivity index (χ1) is 8.19. The molecule has 0 radical (unpaired) electrons. The summed E-state index contributed by atoms with van der Waals surface area (Å²) in [5, 5.41) is 0. The van der Waals surface area contributed by atoms with Crippen molar-refractivity contribution in [3.63, 3.8) is 0 Å². The number of carbonyl (C=O) groups is 2. The number of amides is 1. The molecule has 17 heavy (non-hydrogen) atoms. The van der Waals surface area contributed by atoms with E-state index in [0.717, 1.165) is 0 Å². The maximum absolute atomic E-state index is 12.0. The van der Waals surface area contributed by atoms with Gasteiger partial charge < -0.3 is 9.64 Å². The lowest BCUT2D eigenvalue weighted by Gasteiger charge is -2.20. The Morgan fingerprint density at radius 3 is 2.76 bits per heavy atom. The van der Waals surface area contributed by atoms with Gasteiger partial charge in [-0.15, -0.1) is 0 Å². The number of hydrogen-bond acceptors (Lipinski definition) is 4. The van der Waals surface area contributed by atoms with Crippen LogP contribution < -0.4 is 0 Å². The number of ether oxygens (including phenoxy) is 1. The molecule has 0 saturated carbocycles. The Hall–Kier alpha value is -1.91. The summed E-state index contributed by atoms with van der Waals surface area (Å²) in [6.45, 7) is 2.77. The fourth-order valence-electron chi connectivity index (χ4n) is 1.40. The lowest BCUT2D eigenvalue weighted by molar-refractivity contribution is -0.140. The van der Waals surface area contributed by atoms with Crippen LogP contribution in [0, 0.1) is 0 Å². The van der Waals surface area contributed by atoms with Gasteiger partial charge in [-0.25, -0.2) is 0 Å². The largest absolute Gasteiger partial charge is 0.469 e. The molecule has 92 valence electrons. The molecule has 0 fully saturated rings. The lowest BCUT2D eigenvalue weighted by atomic mass is 10.2. The van der Waals surface area contributed by atoms with Crippen molar-refractivity contribution in [2.24, 2.45) is 0 Å². The Kier molecular flexibility index (Phi) is 5.13. The standard InChI is InChI=1S/C12H16N2O3/c1-3-14(8-6-11(15)17-2)12(16)10-5-4-7-13-9-10/h4-5,7,9H,3,6,8H2,1-2H3. The molecule has 0 spiro atoms. The number of rotatable bonds is 5. The third-order valence-electron chi connectivity index (χ3n) is 2.39. The van der Waals surface area contributed by atoms with Crippen LogP contribution in [0.2, 0.25) is 0 Å². The van der Waals surface area contributed by atoms with Crippen LogP contribution in [0.5, 0.6) is 0 Å². The molecule has 0 aliphatic carbocycles. The van der Waals surface area contributed by atoms with Crippen molar-refractivity contribution in [2.45, 2.75) is 13.3 Å². The van der Waals surface area contributed by atoms with E-state index in [1.54, 1.807) is 23.2 Å². The summed E-state index contributed by atoms with van der Waals surface area (Å²) in [4.78, 5) is 28.5. The normalized spacial score (nSPS) is 9.76. The second kappa shape index (κ2) is 6.62. The molecular formula is C12H16N2O3. The van der Waals surface area contributed by atoms with Crippen LogP contribution in [-0.4, -0.2) is 42.0 Å². The van der Waals surface area contributed by atoms with E-state index in [0.29, 0.717) is 18.7 Å². The topological polar surface area (TPSA) is 59.5 Å². The van der Waals surface area contributed by atoms with E-state index in [2.05, 4.69) is 9.72 Å². The Labute approximate surface area is 100 Å². The number of carbonyl (C=O) groups excluding carboxylic acids is 2. The van der Waals surface area contributed by atoms with E-state index in [-0.39, 0.29) is 18.3 Å². The second-order valence-electron chi connectivity index (χ2n) is 3.45. The van der Waals surface area contributed by atoms with Crippen molar-refractivity contribution >= 4 is 11.9 Å². The van der Waals surface area contributed by atoms with Crippen LogP contribution in [0.4, 0.5) is 0 Å². The zero-order valence-electron chi connectivity index (χ0n) is 10.0. The predicted octanol–water partition coefficient (Wildman–Crippen LogP) is 1.11. The summed E-state index contributed by atoms with van der Waals surface area (Å²) in [5.74, 6) is -0.438. The van der Waals surface area contributed by atoms with Gasteiger partial charge in [0.05, 0.1) is 19.1 Å². The highest BCUT2D eigenvalue weighted by atomic mass is 16.5. The molecule has 1 heterocycles. The predicted molar refractivity (Wildman–Crippen MR) is 62.4 cm³/mol. The maximum Gasteiger partial charge on any atom is 0.307 e. The molecule has 0 unspecified atom stereocenters. The minimum atomic E-state index is -0.317. The van der Waals surface area contributed by atoms with Crippen molar-refractivity contribution in [1.82, 2.24) is 9.88 Å². The quantitative estimate of drug-likeness (QED) is 0.718. The number of pyridine rings is 1. The van der Waals surface area contributed by atoms with Crippen molar-refractivity contribution in [2.75, 3.05) is 20.2 Å². The molecule has 1 aromatic heterocycles. The smallest absolute Gasteiger partial charge is 0.307 e. The van der Waals surface area contributed by atoms with Gasteiger partial charge in [-0.3, -0.25) is 14.6 Å². The molecule has 5 heteroatoms. The lowest BCUT2D eigenvalue weighted by Crippen LogP contribution is -2.33. The third kappa shape index (κ3) is 3.86. The molecule has 0 N–H and O–H groups in total. The first-order valence-electron chi connectivity index (χ1n) is 5.45. The van der Waals surface area contributed by atoms with E-state index in [1.165, 1.54) is 13.3 Å². The molecule has 5 nitrogen and oxygen atoms in total. The van der Waals surface area contributed by atoms with Gasteiger partial charge in [-0.2, -0.15) is 0 Å². The molecular weight excluding hydrogens is 220 g/mol. The monoisotopic (exact) mass is 236 g/mol. The summed E-state index contributed by atoms with van der Waals surface area (Å²) in [6, 6.07) is 3.41. The summed E-state index contributed by atoms with van der Waals surface area (Å²) in [6.07, 6.45) is 3.33. The molecule has 0 atom stereocenters. The summed E-state index contributed by atoms with van der Waals surface area (Å²) >= 11 is 0. The first-order valence-corrected chi connectivity index (χ1v) is 5.45. The molecule has 0 aliphatic heterocycles. The van der Waals surface area contributed by atoms with Crippen LogP contribution in [0.3, 0.4) is 0 Å². The van der Waals surface area contributed by atoms with Gasteiger partial charge >= 0.3 is 5.97 Å². The average Bonchev–Trinajstić information content (AvgIpc) is 2.39. The van der Waals surface area contributed by atoms with Gasteiger partial charge in [0.1, 0.15) is 0 Å².